The molecule has 14 rings (SSSR count). The second-order valence-electron chi connectivity index (χ2n) is 18.3. The number of allylic oxidation sites excluding steroid dienone is 4. The Hall–Kier alpha value is -8.72. The Bertz CT molecular complexity index is 4200. The Morgan fingerprint density at radius 1 is 0.250 bits per heavy atom. The van der Waals surface area contributed by atoms with Gasteiger partial charge in [0.05, 0.1) is 22.1 Å². The van der Waals surface area contributed by atoms with Gasteiger partial charge in [0, 0.05) is 32.9 Å². The van der Waals surface area contributed by atoms with Crippen molar-refractivity contribution >= 4 is 81.6 Å². The zero-order valence-corrected chi connectivity index (χ0v) is 37.4. The molecule has 0 saturated heterocycles. The summed E-state index contributed by atoms with van der Waals surface area (Å²) in [5.74, 6) is 0. The van der Waals surface area contributed by atoms with E-state index in [0.717, 1.165) is 12.8 Å². The molecule has 11 aromatic carbocycles. The van der Waals surface area contributed by atoms with E-state index in [1.54, 1.807) is 0 Å². The van der Waals surface area contributed by atoms with Gasteiger partial charge in [-0.25, -0.2) is 0 Å². The van der Waals surface area contributed by atoms with E-state index < -0.39 is 0 Å². The summed E-state index contributed by atoms with van der Waals surface area (Å²) in [6.45, 7) is 0. The molecule has 2 nitrogen and oxygen atoms in total. The number of nitrogens with zero attached hydrogens (tertiary/aromatic N) is 2. The van der Waals surface area contributed by atoms with Gasteiger partial charge in [-0.3, -0.25) is 0 Å². The summed E-state index contributed by atoms with van der Waals surface area (Å²) in [6, 6.07) is 83.2. The van der Waals surface area contributed by atoms with Crippen LogP contribution in [0.15, 0.2) is 243 Å². The highest BCUT2D eigenvalue weighted by Crippen LogP contribution is 2.41. The lowest BCUT2D eigenvalue weighted by Gasteiger charge is -2.14. The molecule has 0 radical (unpaired) electrons. The Kier molecular flexibility index (Phi) is 8.75. The van der Waals surface area contributed by atoms with Gasteiger partial charge in [-0.1, -0.05) is 176 Å². The lowest BCUT2D eigenvalue weighted by atomic mass is 9.90. The third-order valence-corrected chi connectivity index (χ3v) is 14.5. The first kappa shape index (κ1) is 38.5. The molecule has 0 atom stereocenters. The minimum atomic E-state index is 1.08. The molecule has 1 aliphatic rings. The summed E-state index contributed by atoms with van der Waals surface area (Å²) in [5.41, 5.74) is 17.1. The number of para-hydroxylation sites is 3. The van der Waals surface area contributed by atoms with Crippen LogP contribution in [0.5, 0.6) is 0 Å². The summed E-state index contributed by atoms with van der Waals surface area (Å²) >= 11 is 0. The van der Waals surface area contributed by atoms with Crippen LogP contribution in [-0.4, -0.2) is 9.13 Å². The predicted octanol–water partition coefficient (Wildman–Crippen LogP) is 18.2. The van der Waals surface area contributed by atoms with E-state index in [-0.39, 0.29) is 0 Å². The molecule has 68 heavy (non-hydrogen) atoms. The number of fused-ring (bicyclic) bond motifs is 12. The summed E-state index contributed by atoms with van der Waals surface area (Å²) in [5, 5.41) is 12.8. The largest absolute Gasteiger partial charge is 0.310 e. The summed E-state index contributed by atoms with van der Waals surface area (Å²) in [6.07, 6.45) is 9.11. The van der Waals surface area contributed by atoms with Crippen LogP contribution in [-0.2, 0) is 0 Å². The van der Waals surface area contributed by atoms with Crippen molar-refractivity contribution in [2.75, 3.05) is 0 Å². The summed E-state index contributed by atoms with van der Waals surface area (Å²) in [4.78, 5) is 0. The van der Waals surface area contributed by atoms with Crippen molar-refractivity contribution in [1.82, 2.24) is 9.13 Å². The van der Waals surface area contributed by atoms with Crippen molar-refractivity contribution in [2.24, 2.45) is 0 Å². The molecular weight excluding hydrogens is 821 g/mol. The van der Waals surface area contributed by atoms with Crippen molar-refractivity contribution in [3.63, 3.8) is 0 Å². The van der Waals surface area contributed by atoms with Crippen LogP contribution >= 0.6 is 0 Å². The molecule has 13 aromatic rings. The van der Waals surface area contributed by atoms with Gasteiger partial charge < -0.3 is 9.13 Å². The van der Waals surface area contributed by atoms with Crippen LogP contribution in [0, 0.1) is 0 Å². The highest BCUT2D eigenvalue weighted by molar-refractivity contribution is 6.26. The van der Waals surface area contributed by atoms with E-state index >= 15 is 0 Å². The third-order valence-electron chi connectivity index (χ3n) is 14.5. The third kappa shape index (κ3) is 6.11. The molecule has 0 unspecified atom stereocenters. The van der Waals surface area contributed by atoms with Crippen molar-refractivity contribution < 1.29 is 0 Å². The standard InChI is InChI=1S/C66H44N2/c1-3-13-51(14-4-1)67-63-21-11-9-19-57(63)61-41-49(33-37-65(61)67)45-27-23-43(24-28-45)47-31-35-55-56-36-32-48(40-60(56)54-18-8-7-17-53(54)59(55)39-47)44-25-29-46(30-26-44)50-34-38-66-62(42-50)58-20-10-12-22-64(58)68(66)52-15-5-2-6-16-52/h1,3-5,7-42H,2,6H2. The summed E-state index contributed by atoms with van der Waals surface area (Å²) in [7, 11) is 0. The van der Waals surface area contributed by atoms with E-state index in [1.807, 2.05) is 0 Å². The van der Waals surface area contributed by atoms with Crippen molar-refractivity contribution in [3.8, 4) is 50.2 Å². The zero-order chi connectivity index (χ0) is 44.7. The molecule has 0 amide bonds. The van der Waals surface area contributed by atoms with Crippen LogP contribution in [0.4, 0.5) is 0 Å². The predicted molar refractivity (Wildman–Crippen MR) is 291 cm³/mol. The molecule has 2 heterocycles. The molecular formula is C66H44N2. The highest BCUT2D eigenvalue weighted by atomic mass is 15.0. The van der Waals surface area contributed by atoms with E-state index in [0.29, 0.717) is 0 Å². The van der Waals surface area contributed by atoms with Crippen LogP contribution < -0.4 is 0 Å². The van der Waals surface area contributed by atoms with Gasteiger partial charge in [0.25, 0.3) is 0 Å². The molecule has 0 spiro atoms. The van der Waals surface area contributed by atoms with Gasteiger partial charge in [-0.2, -0.15) is 0 Å². The van der Waals surface area contributed by atoms with Crippen LogP contribution in [0.2, 0.25) is 0 Å². The van der Waals surface area contributed by atoms with E-state index in [9.17, 15) is 0 Å². The SMILES string of the molecule is C1=CC(n2c3ccccc3c3cc(-c4ccc(-c5ccc6c7ccc(-c8ccc(-c9ccc%10c(c9)c9ccccc9n%10-c9ccccc9)cc8)cc7c7ccccc7c6c5)cc4)ccc32)=CCC1. The molecule has 0 fully saturated rings. The van der Waals surface area contributed by atoms with Gasteiger partial charge in [0.15, 0.2) is 0 Å². The second kappa shape index (κ2) is 15.4. The van der Waals surface area contributed by atoms with Crippen LogP contribution in [0.1, 0.15) is 12.8 Å². The van der Waals surface area contributed by atoms with Gasteiger partial charge in [0.1, 0.15) is 0 Å². The Labute approximate surface area is 394 Å². The molecule has 0 bridgehead atoms. The molecule has 2 heteroatoms. The molecule has 0 N–H and O–H groups in total. The van der Waals surface area contributed by atoms with Gasteiger partial charge in [0.2, 0.25) is 0 Å². The first-order valence-electron chi connectivity index (χ1n) is 23.8. The zero-order valence-electron chi connectivity index (χ0n) is 37.4. The number of hydrogen-bond donors (Lipinski definition) is 0. The Morgan fingerprint density at radius 3 is 1.10 bits per heavy atom. The number of hydrogen-bond acceptors (Lipinski definition) is 0. The molecule has 318 valence electrons. The highest BCUT2D eigenvalue weighted by Gasteiger charge is 2.17. The topological polar surface area (TPSA) is 9.86 Å². The fourth-order valence-electron chi connectivity index (χ4n) is 11.2. The van der Waals surface area contributed by atoms with Crippen LogP contribution in [0.25, 0.3) is 132 Å². The monoisotopic (exact) mass is 864 g/mol. The smallest absolute Gasteiger partial charge is 0.0541 e. The van der Waals surface area contributed by atoms with Crippen molar-refractivity contribution in [1.29, 1.82) is 0 Å². The quantitative estimate of drug-likeness (QED) is 0.147. The lowest BCUT2D eigenvalue weighted by molar-refractivity contribution is 1.02. The average Bonchev–Trinajstić information content (AvgIpc) is 3.93. The van der Waals surface area contributed by atoms with Gasteiger partial charge in [-0.15, -0.1) is 0 Å². The van der Waals surface area contributed by atoms with E-state index in [1.165, 1.54) is 132 Å². The molecule has 2 aromatic heterocycles. The number of rotatable bonds is 6. The van der Waals surface area contributed by atoms with E-state index in [2.05, 4.69) is 252 Å². The molecule has 0 aliphatic heterocycles. The fraction of sp³-hybridized carbons (Fsp3) is 0.0303. The summed E-state index contributed by atoms with van der Waals surface area (Å²) < 4.78 is 4.80. The van der Waals surface area contributed by atoms with Crippen molar-refractivity contribution in [3.05, 3.63) is 243 Å². The van der Waals surface area contributed by atoms with Crippen molar-refractivity contribution in [2.45, 2.75) is 12.8 Å². The average molecular weight is 865 g/mol. The van der Waals surface area contributed by atoms with Crippen LogP contribution in [0.3, 0.4) is 0 Å². The van der Waals surface area contributed by atoms with Gasteiger partial charge in [-0.05, 0) is 156 Å². The first-order chi connectivity index (χ1) is 33.7. The lowest BCUT2D eigenvalue weighted by Crippen LogP contribution is -1.96. The van der Waals surface area contributed by atoms with Gasteiger partial charge >= 0.3 is 0 Å². The number of benzene rings is 11. The number of aromatic nitrogens is 2. The second-order valence-corrected chi connectivity index (χ2v) is 18.3. The first-order valence-corrected chi connectivity index (χ1v) is 23.8. The fourth-order valence-corrected chi connectivity index (χ4v) is 11.2. The van der Waals surface area contributed by atoms with E-state index in [4.69, 9.17) is 0 Å². The Balaban J connectivity index is 0.786. The normalized spacial score (nSPS) is 12.9. The maximum atomic E-state index is 2.42. The minimum Gasteiger partial charge on any atom is -0.310 e. The molecule has 1 aliphatic carbocycles. The minimum absolute atomic E-state index is 1.08. The maximum Gasteiger partial charge on any atom is 0.0541 e. The Morgan fingerprint density at radius 2 is 0.618 bits per heavy atom. The molecule has 0 saturated carbocycles. The maximum absolute atomic E-state index is 2.42.